The average Bonchev–Trinajstić information content (AvgIpc) is 3.08. The number of hydrogen-bond donors (Lipinski definition) is 2. The Labute approximate surface area is 140 Å². The van der Waals surface area contributed by atoms with Crippen molar-refractivity contribution in [2.45, 2.75) is 0 Å². The summed E-state index contributed by atoms with van der Waals surface area (Å²) in [4.78, 5) is 25.0. The SMILES string of the molecule is O=C(O)c1ccc(N2C(=O)C(=Cc3ccco3)SC2=S)cc1O. The first-order valence-electron chi connectivity index (χ1n) is 6.35. The van der Waals surface area contributed by atoms with Crippen LogP contribution in [0.4, 0.5) is 5.69 Å². The smallest absolute Gasteiger partial charge is 0.339 e. The van der Waals surface area contributed by atoms with Gasteiger partial charge in [-0.1, -0.05) is 24.0 Å². The van der Waals surface area contributed by atoms with Crippen LogP contribution >= 0.6 is 24.0 Å². The Morgan fingerprint density at radius 2 is 2.13 bits per heavy atom. The molecule has 1 aliphatic rings. The minimum atomic E-state index is -1.25. The van der Waals surface area contributed by atoms with E-state index in [1.54, 1.807) is 18.2 Å². The summed E-state index contributed by atoms with van der Waals surface area (Å²) in [7, 11) is 0. The van der Waals surface area contributed by atoms with Gasteiger partial charge in [0.1, 0.15) is 17.1 Å². The maximum Gasteiger partial charge on any atom is 0.339 e. The largest absolute Gasteiger partial charge is 0.507 e. The lowest BCUT2D eigenvalue weighted by Crippen LogP contribution is -2.27. The van der Waals surface area contributed by atoms with E-state index in [4.69, 9.17) is 21.7 Å². The first-order valence-corrected chi connectivity index (χ1v) is 7.57. The van der Waals surface area contributed by atoms with Gasteiger partial charge in [-0.05, 0) is 24.3 Å². The number of rotatable bonds is 3. The second kappa shape index (κ2) is 5.90. The van der Waals surface area contributed by atoms with Crippen LogP contribution in [0.5, 0.6) is 5.75 Å². The Bertz CT molecular complexity index is 842. The maximum absolute atomic E-state index is 12.5. The zero-order chi connectivity index (χ0) is 16.6. The standard InChI is InChI=1S/C15H9NO5S2/c17-11-6-8(3-4-10(11)14(19)20)16-13(18)12(23-15(16)22)7-9-2-1-5-21-9/h1-7,17H,(H,19,20). The number of benzene rings is 1. The molecule has 1 aliphatic heterocycles. The number of hydrogen-bond acceptors (Lipinski definition) is 6. The van der Waals surface area contributed by atoms with Crippen LogP contribution in [0.3, 0.4) is 0 Å². The average molecular weight is 347 g/mol. The van der Waals surface area contributed by atoms with Crippen molar-refractivity contribution < 1.29 is 24.2 Å². The van der Waals surface area contributed by atoms with Crippen LogP contribution in [0.2, 0.25) is 0 Å². The fourth-order valence-electron chi connectivity index (χ4n) is 2.03. The molecule has 2 heterocycles. The highest BCUT2D eigenvalue weighted by atomic mass is 32.2. The molecule has 2 aromatic rings. The first kappa shape index (κ1) is 15.3. The molecular weight excluding hydrogens is 338 g/mol. The van der Waals surface area contributed by atoms with Crippen molar-refractivity contribution in [3.8, 4) is 5.75 Å². The summed E-state index contributed by atoms with van der Waals surface area (Å²) in [6.45, 7) is 0. The highest BCUT2D eigenvalue weighted by Gasteiger charge is 2.34. The Kier molecular flexibility index (Phi) is 3.93. The molecule has 0 atom stereocenters. The van der Waals surface area contributed by atoms with E-state index in [1.165, 1.54) is 29.4 Å². The van der Waals surface area contributed by atoms with Gasteiger partial charge in [-0.2, -0.15) is 0 Å². The summed E-state index contributed by atoms with van der Waals surface area (Å²) in [5, 5.41) is 18.7. The molecule has 1 amide bonds. The van der Waals surface area contributed by atoms with Gasteiger partial charge < -0.3 is 14.6 Å². The fourth-order valence-corrected chi connectivity index (χ4v) is 3.31. The fraction of sp³-hybridized carbons (Fsp3) is 0. The number of carboxylic acids is 1. The molecule has 0 bridgehead atoms. The zero-order valence-corrected chi connectivity index (χ0v) is 13.1. The van der Waals surface area contributed by atoms with Crippen molar-refractivity contribution in [1.82, 2.24) is 0 Å². The van der Waals surface area contributed by atoms with Crippen LogP contribution < -0.4 is 4.90 Å². The number of thiocarbonyl (C=S) groups is 1. The predicted octanol–water partition coefficient (Wildman–Crippen LogP) is 3.09. The third-order valence-electron chi connectivity index (χ3n) is 3.08. The zero-order valence-electron chi connectivity index (χ0n) is 11.4. The molecular formula is C15H9NO5S2. The van der Waals surface area contributed by atoms with Gasteiger partial charge in [-0.25, -0.2) is 4.79 Å². The Hall–Kier alpha value is -2.58. The second-order valence-corrected chi connectivity index (χ2v) is 6.21. The molecule has 0 spiro atoms. The van der Waals surface area contributed by atoms with E-state index in [0.29, 0.717) is 16.4 Å². The van der Waals surface area contributed by atoms with Crippen molar-refractivity contribution in [2.75, 3.05) is 4.90 Å². The van der Waals surface area contributed by atoms with Gasteiger partial charge in [0.2, 0.25) is 0 Å². The number of furan rings is 1. The quantitative estimate of drug-likeness (QED) is 0.651. The third kappa shape index (κ3) is 2.86. The molecule has 0 unspecified atom stereocenters. The van der Waals surface area contributed by atoms with Gasteiger partial charge in [-0.3, -0.25) is 9.69 Å². The number of phenols is 1. The summed E-state index contributed by atoms with van der Waals surface area (Å²) in [6.07, 6.45) is 3.07. The van der Waals surface area contributed by atoms with Crippen molar-refractivity contribution in [3.63, 3.8) is 0 Å². The summed E-state index contributed by atoms with van der Waals surface area (Å²) in [6, 6.07) is 7.25. The number of thioether (sulfide) groups is 1. The van der Waals surface area contributed by atoms with E-state index in [1.807, 2.05) is 0 Å². The molecule has 2 N–H and O–H groups in total. The molecule has 23 heavy (non-hydrogen) atoms. The van der Waals surface area contributed by atoms with E-state index in [2.05, 4.69) is 0 Å². The van der Waals surface area contributed by atoms with E-state index in [-0.39, 0.29) is 15.8 Å². The Morgan fingerprint density at radius 1 is 1.35 bits per heavy atom. The molecule has 1 aromatic carbocycles. The van der Waals surface area contributed by atoms with Crippen LogP contribution in [-0.4, -0.2) is 26.4 Å². The highest BCUT2D eigenvalue weighted by Crippen LogP contribution is 2.37. The minimum absolute atomic E-state index is 0.245. The van der Waals surface area contributed by atoms with Crippen LogP contribution in [0.25, 0.3) is 6.08 Å². The number of carbonyl (C=O) groups is 2. The van der Waals surface area contributed by atoms with Gasteiger partial charge in [-0.15, -0.1) is 0 Å². The van der Waals surface area contributed by atoms with Gasteiger partial charge in [0.05, 0.1) is 16.9 Å². The Balaban J connectivity index is 1.95. The van der Waals surface area contributed by atoms with Crippen LogP contribution in [0, 0.1) is 0 Å². The molecule has 3 rings (SSSR count). The van der Waals surface area contributed by atoms with Gasteiger partial charge in [0.25, 0.3) is 5.91 Å². The number of carboxylic acid groups (broad SMARTS) is 1. The third-order valence-corrected chi connectivity index (χ3v) is 4.38. The molecule has 0 saturated carbocycles. The lowest BCUT2D eigenvalue weighted by Gasteiger charge is -2.15. The first-order chi connectivity index (χ1) is 11.0. The molecule has 0 radical (unpaired) electrons. The molecule has 1 fully saturated rings. The molecule has 1 aromatic heterocycles. The highest BCUT2D eigenvalue weighted by molar-refractivity contribution is 8.27. The summed E-state index contributed by atoms with van der Waals surface area (Å²) in [5.74, 6) is -1.52. The lowest BCUT2D eigenvalue weighted by molar-refractivity contribution is -0.113. The van der Waals surface area contributed by atoms with E-state index in [9.17, 15) is 14.7 Å². The molecule has 1 saturated heterocycles. The van der Waals surface area contributed by atoms with Crippen molar-refractivity contribution in [2.24, 2.45) is 0 Å². The number of amides is 1. The predicted molar refractivity (Wildman–Crippen MR) is 89.4 cm³/mol. The van der Waals surface area contributed by atoms with Gasteiger partial charge in [0, 0.05) is 12.1 Å². The van der Waals surface area contributed by atoms with Crippen molar-refractivity contribution >= 4 is 51.9 Å². The van der Waals surface area contributed by atoms with Gasteiger partial charge in [0.15, 0.2) is 4.32 Å². The number of aromatic hydroxyl groups is 1. The molecule has 8 heteroatoms. The monoisotopic (exact) mass is 347 g/mol. The Morgan fingerprint density at radius 3 is 2.74 bits per heavy atom. The molecule has 0 aliphatic carbocycles. The number of carbonyl (C=O) groups excluding carboxylic acids is 1. The summed E-state index contributed by atoms with van der Waals surface area (Å²) in [5.41, 5.74) is 0.0585. The van der Waals surface area contributed by atoms with Crippen LogP contribution in [-0.2, 0) is 4.79 Å². The lowest BCUT2D eigenvalue weighted by atomic mass is 10.1. The number of anilines is 1. The van der Waals surface area contributed by atoms with Gasteiger partial charge >= 0.3 is 5.97 Å². The minimum Gasteiger partial charge on any atom is -0.507 e. The second-order valence-electron chi connectivity index (χ2n) is 4.54. The van der Waals surface area contributed by atoms with E-state index < -0.39 is 11.7 Å². The van der Waals surface area contributed by atoms with Crippen LogP contribution in [0.1, 0.15) is 16.1 Å². The van der Waals surface area contributed by atoms with Crippen molar-refractivity contribution in [3.05, 3.63) is 52.8 Å². The number of aromatic carboxylic acids is 1. The number of nitrogens with zero attached hydrogens (tertiary/aromatic N) is 1. The van der Waals surface area contributed by atoms with Crippen LogP contribution in [0.15, 0.2) is 45.9 Å². The van der Waals surface area contributed by atoms with E-state index >= 15 is 0 Å². The van der Waals surface area contributed by atoms with E-state index in [0.717, 1.165) is 11.8 Å². The normalized spacial score (nSPS) is 16.3. The topological polar surface area (TPSA) is 91.0 Å². The summed E-state index contributed by atoms with van der Waals surface area (Å²) < 4.78 is 5.46. The maximum atomic E-state index is 12.5. The van der Waals surface area contributed by atoms with Crippen molar-refractivity contribution in [1.29, 1.82) is 0 Å². The molecule has 116 valence electrons. The molecule has 6 nitrogen and oxygen atoms in total. The summed E-state index contributed by atoms with van der Waals surface area (Å²) >= 11 is 6.30.